The van der Waals surface area contributed by atoms with Crippen molar-refractivity contribution in [3.63, 3.8) is 0 Å². The number of carbonyl (C=O) groups is 1. The summed E-state index contributed by atoms with van der Waals surface area (Å²) < 4.78 is 0. The molecule has 1 amide bonds. The van der Waals surface area contributed by atoms with E-state index in [1.807, 2.05) is 6.92 Å². The highest BCUT2D eigenvalue weighted by atomic mass is 16.1. The molecule has 5 nitrogen and oxygen atoms in total. The number of likely N-dealkylation sites (tertiary alicyclic amines) is 2. The van der Waals surface area contributed by atoms with E-state index in [4.69, 9.17) is 5.73 Å². The van der Waals surface area contributed by atoms with Gasteiger partial charge in [0.05, 0.1) is 6.04 Å². The lowest BCUT2D eigenvalue weighted by molar-refractivity contribution is -0.120. The zero-order valence-electron chi connectivity index (χ0n) is 12.8. The molecule has 0 saturated carbocycles. The molecule has 2 rings (SSSR count). The van der Waals surface area contributed by atoms with Crippen LogP contribution in [-0.2, 0) is 4.79 Å². The quantitative estimate of drug-likeness (QED) is 0.703. The van der Waals surface area contributed by atoms with E-state index in [1.165, 1.54) is 45.3 Å². The third-order valence-corrected chi connectivity index (χ3v) is 4.66. The van der Waals surface area contributed by atoms with Gasteiger partial charge in [-0.25, -0.2) is 0 Å². The molecule has 1 atom stereocenters. The lowest BCUT2D eigenvalue weighted by atomic mass is 9.96. The van der Waals surface area contributed by atoms with Crippen LogP contribution in [0, 0.1) is 5.92 Å². The molecule has 2 saturated heterocycles. The fourth-order valence-corrected chi connectivity index (χ4v) is 3.44. The molecule has 0 aromatic heterocycles. The van der Waals surface area contributed by atoms with Crippen molar-refractivity contribution in [1.82, 2.24) is 15.1 Å². The summed E-state index contributed by atoms with van der Waals surface area (Å²) >= 11 is 0. The van der Waals surface area contributed by atoms with Crippen molar-refractivity contribution in [3.05, 3.63) is 0 Å². The second-order valence-electron chi connectivity index (χ2n) is 6.26. The summed E-state index contributed by atoms with van der Waals surface area (Å²) in [7, 11) is 0. The van der Waals surface area contributed by atoms with E-state index in [9.17, 15) is 4.79 Å². The van der Waals surface area contributed by atoms with Gasteiger partial charge in [0.1, 0.15) is 0 Å². The van der Waals surface area contributed by atoms with Gasteiger partial charge in [0.25, 0.3) is 0 Å². The number of piperidine rings is 1. The molecule has 0 spiro atoms. The summed E-state index contributed by atoms with van der Waals surface area (Å²) in [5, 5.41) is 3.17. The number of rotatable bonds is 7. The monoisotopic (exact) mass is 282 g/mol. The molecular weight excluding hydrogens is 252 g/mol. The molecule has 0 aromatic carbocycles. The Hall–Kier alpha value is -0.650. The van der Waals surface area contributed by atoms with Crippen LogP contribution in [0.25, 0.3) is 0 Å². The van der Waals surface area contributed by atoms with Crippen molar-refractivity contribution >= 4 is 5.91 Å². The molecule has 5 heteroatoms. The Kier molecular flexibility index (Phi) is 6.26. The average molecular weight is 282 g/mol. The largest absolute Gasteiger partial charge is 0.368 e. The van der Waals surface area contributed by atoms with E-state index >= 15 is 0 Å². The predicted molar refractivity (Wildman–Crippen MR) is 81.5 cm³/mol. The van der Waals surface area contributed by atoms with Gasteiger partial charge in [0.2, 0.25) is 5.91 Å². The first kappa shape index (κ1) is 15.7. The fourth-order valence-electron chi connectivity index (χ4n) is 3.44. The Labute approximate surface area is 122 Å². The van der Waals surface area contributed by atoms with Gasteiger partial charge in [0.15, 0.2) is 0 Å². The summed E-state index contributed by atoms with van der Waals surface area (Å²) in [6, 6.07) is -0.199. The van der Waals surface area contributed by atoms with Crippen LogP contribution in [0.3, 0.4) is 0 Å². The minimum Gasteiger partial charge on any atom is -0.368 e. The number of hydrogen-bond acceptors (Lipinski definition) is 4. The number of primary amides is 1. The zero-order valence-corrected chi connectivity index (χ0v) is 12.8. The van der Waals surface area contributed by atoms with Crippen molar-refractivity contribution in [2.45, 2.75) is 38.6 Å². The molecule has 3 N–H and O–H groups in total. The molecule has 116 valence electrons. The Morgan fingerprint density at radius 3 is 2.40 bits per heavy atom. The molecule has 2 aliphatic rings. The number of nitrogens with one attached hydrogen (secondary N) is 1. The number of nitrogens with zero attached hydrogens (tertiary/aromatic N) is 2. The number of carbonyl (C=O) groups excluding carboxylic acids is 1. The van der Waals surface area contributed by atoms with E-state index in [0.717, 1.165) is 32.1 Å². The lowest BCUT2D eigenvalue weighted by Gasteiger charge is -2.35. The molecule has 0 radical (unpaired) electrons. The molecule has 1 unspecified atom stereocenters. The normalized spacial score (nSPS) is 24.1. The fraction of sp³-hybridized carbons (Fsp3) is 0.933. The van der Waals surface area contributed by atoms with Gasteiger partial charge in [0, 0.05) is 13.1 Å². The summed E-state index contributed by atoms with van der Waals surface area (Å²) in [6.45, 7) is 9.65. The molecule has 0 aliphatic carbocycles. The third-order valence-electron chi connectivity index (χ3n) is 4.66. The second-order valence-corrected chi connectivity index (χ2v) is 6.26. The van der Waals surface area contributed by atoms with E-state index in [-0.39, 0.29) is 11.9 Å². The first-order valence-corrected chi connectivity index (χ1v) is 8.16. The Morgan fingerprint density at radius 2 is 1.85 bits per heavy atom. The summed E-state index contributed by atoms with van der Waals surface area (Å²) in [5.74, 6) is 0.613. The number of amides is 1. The first-order chi connectivity index (χ1) is 9.69. The van der Waals surface area contributed by atoms with Crippen LogP contribution >= 0.6 is 0 Å². The van der Waals surface area contributed by atoms with Gasteiger partial charge in [-0.1, -0.05) is 6.92 Å². The number of likely N-dealkylation sites (N-methyl/N-ethyl adjacent to an activating group) is 1. The molecule has 2 heterocycles. The first-order valence-electron chi connectivity index (χ1n) is 8.16. The highest BCUT2D eigenvalue weighted by Gasteiger charge is 2.25. The molecule has 2 aliphatic heterocycles. The van der Waals surface area contributed by atoms with Gasteiger partial charge < -0.3 is 20.9 Å². The maximum absolute atomic E-state index is 11.4. The third kappa shape index (κ3) is 4.72. The van der Waals surface area contributed by atoms with E-state index in [0.29, 0.717) is 0 Å². The van der Waals surface area contributed by atoms with Crippen molar-refractivity contribution in [3.8, 4) is 0 Å². The van der Waals surface area contributed by atoms with Crippen LogP contribution in [0.1, 0.15) is 32.6 Å². The Bertz CT molecular complexity index is 296. The maximum atomic E-state index is 11.4. The van der Waals surface area contributed by atoms with Crippen LogP contribution in [0.15, 0.2) is 0 Å². The molecule has 20 heavy (non-hydrogen) atoms. The minimum atomic E-state index is -0.231. The summed E-state index contributed by atoms with van der Waals surface area (Å²) in [4.78, 5) is 16.4. The molecular formula is C15H30N4O. The second kappa shape index (κ2) is 7.96. The Balaban J connectivity index is 1.68. The van der Waals surface area contributed by atoms with E-state index in [2.05, 4.69) is 15.1 Å². The van der Waals surface area contributed by atoms with Crippen LogP contribution in [0.5, 0.6) is 0 Å². The number of hydrogen-bond donors (Lipinski definition) is 2. The van der Waals surface area contributed by atoms with E-state index in [1.54, 1.807) is 0 Å². The number of nitrogens with two attached hydrogens (primary N) is 1. The van der Waals surface area contributed by atoms with Crippen LogP contribution in [0.4, 0.5) is 0 Å². The van der Waals surface area contributed by atoms with Crippen LogP contribution in [0.2, 0.25) is 0 Å². The van der Waals surface area contributed by atoms with E-state index < -0.39 is 0 Å². The predicted octanol–water partition coefficient (Wildman–Crippen LogP) is 0.258. The topological polar surface area (TPSA) is 61.6 Å². The minimum absolute atomic E-state index is 0.199. The lowest BCUT2D eigenvalue weighted by Crippen LogP contribution is -2.51. The standard InChI is InChI=1S/C15H30N4O/c1-2-17-14(15(16)20)12-19-9-5-13(6-10-19)11-18-7-3-4-8-18/h13-14,17H,2-12H2,1H3,(H2,16,20). The van der Waals surface area contributed by atoms with Gasteiger partial charge >= 0.3 is 0 Å². The SMILES string of the molecule is CCNC(CN1CCC(CN2CCCC2)CC1)C(N)=O. The smallest absolute Gasteiger partial charge is 0.235 e. The summed E-state index contributed by atoms with van der Waals surface area (Å²) in [6.07, 6.45) is 5.27. The van der Waals surface area contributed by atoms with Gasteiger partial charge in [-0.05, 0) is 64.3 Å². The van der Waals surface area contributed by atoms with Crippen molar-refractivity contribution in [2.75, 3.05) is 45.8 Å². The average Bonchev–Trinajstić information content (AvgIpc) is 2.93. The van der Waals surface area contributed by atoms with Gasteiger partial charge in [-0.3, -0.25) is 4.79 Å². The summed E-state index contributed by atoms with van der Waals surface area (Å²) in [5.41, 5.74) is 5.44. The van der Waals surface area contributed by atoms with Gasteiger partial charge in [-0.2, -0.15) is 0 Å². The maximum Gasteiger partial charge on any atom is 0.235 e. The Morgan fingerprint density at radius 1 is 1.20 bits per heavy atom. The molecule has 0 bridgehead atoms. The van der Waals surface area contributed by atoms with Crippen LogP contribution < -0.4 is 11.1 Å². The van der Waals surface area contributed by atoms with Crippen LogP contribution in [-0.4, -0.2) is 67.6 Å². The van der Waals surface area contributed by atoms with Crippen molar-refractivity contribution < 1.29 is 4.79 Å². The highest BCUT2D eigenvalue weighted by molar-refractivity contribution is 5.80. The molecule has 0 aromatic rings. The van der Waals surface area contributed by atoms with Gasteiger partial charge in [-0.15, -0.1) is 0 Å². The van der Waals surface area contributed by atoms with Crippen molar-refractivity contribution in [2.24, 2.45) is 11.7 Å². The zero-order chi connectivity index (χ0) is 14.4. The highest BCUT2D eigenvalue weighted by Crippen LogP contribution is 2.20. The van der Waals surface area contributed by atoms with Crippen molar-refractivity contribution in [1.29, 1.82) is 0 Å². The molecule has 2 fully saturated rings.